The minimum atomic E-state index is -0.539. The van der Waals surface area contributed by atoms with E-state index >= 15 is 0 Å². The predicted molar refractivity (Wildman–Crippen MR) is 59.9 cm³/mol. The molecule has 1 unspecified atom stereocenters. The molecule has 6 heteroatoms. The summed E-state index contributed by atoms with van der Waals surface area (Å²) in [5.41, 5.74) is 5.40. The van der Waals surface area contributed by atoms with Gasteiger partial charge in [0.2, 0.25) is 5.91 Å². The van der Waals surface area contributed by atoms with Crippen LogP contribution in [-0.2, 0) is 4.79 Å². The zero-order chi connectivity index (χ0) is 12.1. The Morgan fingerprint density at radius 3 is 2.75 bits per heavy atom. The quantitative estimate of drug-likeness (QED) is 0.590. The summed E-state index contributed by atoms with van der Waals surface area (Å²) in [6.07, 6.45) is 0. The van der Waals surface area contributed by atoms with Gasteiger partial charge in [0.05, 0.1) is 4.92 Å². The number of nitrogens with zero attached hydrogens (tertiary/aromatic N) is 1. The molecule has 16 heavy (non-hydrogen) atoms. The van der Waals surface area contributed by atoms with Crippen LogP contribution in [0.15, 0.2) is 24.3 Å². The molecule has 0 aliphatic heterocycles. The lowest BCUT2D eigenvalue weighted by molar-refractivity contribution is -0.383. The first kappa shape index (κ1) is 12.1. The van der Waals surface area contributed by atoms with Crippen molar-refractivity contribution in [2.75, 3.05) is 11.9 Å². The van der Waals surface area contributed by atoms with Gasteiger partial charge >= 0.3 is 0 Å². The van der Waals surface area contributed by atoms with Gasteiger partial charge in [0, 0.05) is 18.5 Å². The third kappa shape index (κ3) is 2.77. The number of nitrogens with two attached hydrogens (primary N) is 1. The van der Waals surface area contributed by atoms with Gasteiger partial charge in [0.15, 0.2) is 0 Å². The third-order valence-electron chi connectivity index (χ3n) is 2.16. The molecule has 0 aliphatic rings. The van der Waals surface area contributed by atoms with Crippen LogP contribution >= 0.6 is 0 Å². The van der Waals surface area contributed by atoms with E-state index in [4.69, 9.17) is 5.73 Å². The smallest absolute Gasteiger partial charge is 0.292 e. The lowest BCUT2D eigenvalue weighted by atomic mass is 10.1. The predicted octanol–water partition coefficient (Wildman–Crippen LogP) is 1.13. The van der Waals surface area contributed by atoms with Crippen LogP contribution in [0.3, 0.4) is 0 Å². The van der Waals surface area contributed by atoms with Gasteiger partial charge in [-0.05, 0) is 6.07 Å². The fourth-order valence-corrected chi connectivity index (χ4v) is 1.10. The summed E-state index contributed by atoms with van der Waals surface area (Å²) in [5, 5.41) is 13.2. The maximum absolute atomic E-state index is 11.5. The number of rotatable bonds is 4. The van der Waals surface area contributed by atoms with E-state index in [2.05, 4.69) is 5.32 Å². The van der Waals surface area contributed by atoms with Crippen molar-refractivity contribution in [3.05, 3.63) is 34.4 Å². The molecule has 0 fully saturated rings. The van der Waals surface area contributed by atoms with E-state index in [9.17, 15) is 14.9 Å². The first-order chi connectivity index (χ1) is 7.56. The van der Waals surface area contributed by atoms with E-state index in [1.165, 1.54) is 12.1 Å². The van der Waals surface area contributed by atoms with E-state index in [0.717, 1.165) is 0 Å². The second-order valence-corrected chi connectivity index (χ2v) is 3.40. The zero-order valence-corrected chi connectivity index (χ0v) is 8.84. The molecule has 0 heterocycles. The van der Waals surface area contributed by atoms with Gasteiger partial charge in [-0.25, -0.2) is 0 Å². The van der Waals surface area contributed by atoms with Crippen LogP contribution in [-0.4, -0.2) is 17.4 Å². The molecule has 3 N–H and O–H groups in total. The number of hydrogen-bond donors (Lipinski definition) is 2. The molecule has 1 aromatic rings. The molecule has 1 aromatic carbocycles. The monoisotopic (exact) mass is 223 g/mol. The molecule has 0 aromatic heterocycles. The summed E-state index contributed by atoms with van der Waals surface area (Å²) < 4.78 is 0. The minimum absolute atomic E-state index is 0.125. The van der Waals surface area contributed by atoms with Gasteiger partial charge in [-0.15, -0.1) is 0 Å². The number of carbonyl (C=O) groups excluding carboxylic acids is 1. The molecule has 0 radical (unpaired) electrons. The van der Waals surface area contributed by atoms with Crippen LogP contribution in [0.4, 0.5) is 11.4 Å². The molecule has 0 saturated heterocycles. The van der Waals surface area contributed by atoms with Gasteiger partial charge in [0.1, 0.15) is 5.69 Å². The normalized spacial score (nSPS) is 11.9. The number of nitrogens with one attached hydrogen (secondary N) is 1. The summed E-state index contributed by atoms with van der Waals surface area (Å²) in [6, 6.07) is 5.98. The lowest BCUT2D eigenvalue weighted by Crippen LogP contribution is -2.26. The number of amides is 1. The van der Waals surface area contributed by atoms with Crippen LogP contribution in [0.1, 0.15) is 6.92 Å². The number of nitro benzene ring substituents is 1. The van der Waals surface area contributed by atoms with Gasteiger partial charge in [0.25, 0.3) is 5.69 Å². The van der Waals surface area contributed by atoms with Gasteiger partial charge in [-0.3, -0.25) is 14.9 Å². The summed E-state index contributed by atoms with van der Waals surface area (Å²) in [5.74, 6) is -0.698. The molecule has 1 rings (SSSR count). The Labute approximate surface area is 92.6 Å². The lowest BCUT2D eigenvalue weighted by Gasteiger charge is -2.09. The summed E-state index contributed by atoms with van der Waals surface area (Å²) in [6.45, 7) is 1.86. The number of hydrogen-bond acceptors (Lipinski definition) is 4. The highest BCUT2D eigenvalue weighted by molar-refractivity contribution is 5.94. The Balaban J connectivity index is 2.89. The molecular formula is C10H13N3O3. The molecule has 86 valence electrons. The van der Waals surface area contributed by atoms with Crippen molar-refractivity contribution in [3.8, 4) is 0 Å². The van der Waals surface area contributed by atoms with Gasteiger partial charge < -0.3 is 11.1 Å². The SMILES string of the molecule is CC(CN)C(=O)Nc1ccccc1[N+](=O)[O-]. The van der Waals surface area contributed by atoms with Crippen LogP contribution in [0, 0.1) is 16.0 Å². The Hall–Kier alpha value is -1.95. The Morgan fingerprint density at radius 1 is 1.56 bits per heavy atom. The second-order valence-electron chi connectivity index (χ2n) is 3.40. The molecule has 1 atom stereocenters. The minimum Gasteiger partial charge on any atom is -0.330 e. The number of para-hydroxylation sites is 2. The summed E-state index contributed by atoms with van der Waals surface area (Å²) >= 11 is 0. The third-order valence-corrected chi connectivity index (χ3v) is 2.16. The van der Waals surface area contributed by atoms with E-state index in [0.29, 0.717) is 0 Å². The molecule has 0 bridgehead atoms. The van der Waals surface area contributed by atoms with Gasteiger partial charge in [-0.2, -0.15) is 0 Å². The Kier molecular flexibility index (Phi) is 3.96. The Morgan fingerprint density at radius 2 is 2.19 bits per heavy atom. The molecule has 0 aliphatic carbocycles. The maximum atomic E-state index is 11.5. The number of nitro groups is 1. The largest absolute Gasteiger partial charge is 0.330 e. The summed E-state index contributed by atoms with van der Waals surface area (Å²) in [4.78, 5) is 21.6. The highest BCUT2D eigenvalue weighted by atomic mass is 16.6. The maximum Gasteiger partial charge on any atom is 0.292 e. The number of carbonyl (C=O) groups is 1. The first-order valence-corrected chi connectivity index (χ1v) is 4.80. The van der Waals surface area contributed by atoms with E-state index in [1.807, 2.05) is 0 Å². The van der Waals surface area contributed by atoms with E-state index in [1.54, 1.807) is 19.1 Å². The van der Waals surface area contributed by atoms with Gasteiger partial charge in [-0.1, -0.05) is 19.1 Å². The van der Waals surface area contributed by atoms with Crippen molar-refractivity contribution in [3.63, 3.8) is 0 Å². The fraction of sp³-hybridized carbons (Fsp3) is 0.300. The van der Waals surface area contributed by atoms with Crippen molar-refractivity contribution in [2.24, 2.45) is 11.7 Å². The molecule has 0 saturated carbocycles. The zero-order valence-electron chi connectivity index (χ0n) is 8.84. The number of benzene rings is 1. The molecular weight excluding hydrogens is 210 g/mol. The van der Waals surface area contributed by atoms with Crippen LogP contribution in [0.25, 0.3) is 0 Å². The average molecular weight is 223 g/mol. The Bertz CT molecular complexity index is 406. The highest BCUT2D eigenvalue weighted by Gasteiger charge is 2.17. The molecule has 1 amide bonds. The molecule has 0 spiro atoms. The van der Waals surface area contributed by atoms with E-state index < -0.39 is 4.92 Å². The standard InChI is InChI=1S/C10H13N3O3/c1-7(6-11)10(14)12-8-4-2-3-5-9(8)13(15)16/h2-5,7H,6,11H2,1H3,(H,12,14). The van der Waals surface area contributed by atoms with Crippen LogP contribution in [0.5, 0.6) is 0 Å². The summed E-state index contributed by atoms with van der Waals surface area (Å²) in [7, 11) is 0. The number of anilines is 1. The van der Waals surface area contributed by atoms with E-state index in [-0.39, 0.29) is 29.7 Å². The van der Waals surface area contributed by atoms with Crippen molar-refractivity contribution in [1.82, 2.24) is 0 Å². The highest BCUT2D eigenvalue weighted by Crippen LogP contribution is 2.23. The van der Waals surface area contributed by atoms with Crippen molar-refractivity contribution < 1.29 is 9.72 Å². The van der Waals surface area contributed by atoms with Crippen molar-refractivity contribution >= 4 is 17.3 Å². The van der Waals surface area contributed by atoms with Crippen molar-refractivity contribution in [1.29, 1.82) is 0 Å². The van der Waals surface area contributed by atoms with Crippen LogP contribution < -0.4 is 11.1 Å². The topological polar surface area (TPSA) is 98.3 Å². The van der Waals surface area contributed by atoms with Crippen LogP contribution in [0.2, 0.25) is 0 Å². The molecule has 6 nitrogen and oxygen atoms in total. The fourth-order valence-electron chi connectivity index (χ4n) is 1.10. The average Bonchev–Trinajstić information content (AvgIpc) is 2.28. The second kappa shape index (κ2) is 5.22. The van der Waals surface area contributed by atoms with Crippen molar-refractivity contribution in [2.45, 2.75) is 6.92 Å². The first-order valence-electron chi connectivity index (χ1n) is 4.80.